The third-order valence-electron chi connectivity index (χ3n) is 3.42. The SMILES string of the molecule is CC1(C)OB(CCCCC(N)=O)OC1(C)C. The van der Waals surface area contributed by atoms with E-state index in [0.717, 1.165) is 19.2 Å². The van der Waals surface area contributed by atoms with Crippen molar-refractivity contribution >= 4 is 13.0 Å². The average molecular weight is 227 g/mol. The smallest absolute Gasteiger partial charge is 0.403 e. The van der Waals surface area contributed by atoms with E-state index in [1.807, 2.05) is 27.7 Å². The Morgan fingerprint density at radius 2 is 1.62 bits per heavy atom. The summed E-state index contributed by atoms with van der Waals surface area (Å²) in [6.07, 6.45) is 2.97. The summed E-state index contributed by atoms with van der Waals surface area (Å²) in [7, 11) is -0.155. The maximum atomic E-state index is 10.6. The molecule has 0 spiro atoms. The van der Waals surface area contributed by atoms with Crippen molar-refractivity contribution in [2.75, 3.05) is 0 Å². The van der Waals surface area contributed by atoms with Gasteiger partial charge in [-0.05, 0) is 40.4 Å². The largest absolute Gasteiger partial charge is 0.457 e. The van der Waals surface area contributed by atoms with Crippen LogP contribution in [0.4, 0.5) is 0 Å². The molecule has 0 atom stereocenters. The van der Waals surface area contributed by atoms with E-state index in [9.17, 15) is 4.79 Å². The highest BCUT2D eigenvalue weighted by atomic mass is 16.7. The highest BCUT2D eigenvalue weighted by Crippen LogP contribution is 2.38. The second-order valence-corrected chi connectivity index (χ2v) is 5.40. The molecular weight excluding hydrogens is 205 g/mol. The predicted molar refractivity (Wildman–Crippen MR) is 63.9 cm³/mol. The number of amides is 1. The van der Waals surface area contributed by atoms with Gasteiger partial charge in [-0.15, -0.1) is 0 Å². The molecule has 1 heterocycles. The normalized spacial score (nSPS) is 22.4. The number of hydrogen-bond acceptors (Lipinski definition) is 3. The molecule has 0 aromatic carbocycles. The topological polar surface area (TPSA) is 61.5 Å². The maximum Gasteiger partial charge on any atom is 0.457 e. The zero-order valence-corrected chi connectivity index (χ0v) is 10.7. The van der Waals surface area contributed by atoms with Crippen LogP contribution in [-0.4, -0.2) is 24.2 Å². The molecule has 4 nitrogen and oxygen atoms in total. The van der Waals surface area contributed by atoms with Crippen LogP contribution in [-0.2, 0) is 14.1 Å². The van der Waals surface area contributed by atoms with Crippen molar-refractivity contribution in [2.24, 2.45) is 5.73 Å². The van der Waals surface area contributed by atoms with Gasteiger partial charge in [-0.25, -0.2) is 0 Å². The van der Waals surface area contributed by atoms with E-state index >= 15 is 0 Å². The molecule has 1 fully saturated rings. The molecule has 0 unspecified atom stereocenters. The molecule has 92 valence electrons. The zero-order chi connectivity index (χ0) is 12.4. The van der Waals surface area contributed by atoms with Crippen LogP contribution in [0.2, 0.25) is 6.32 Å². The van der Waals surface area contributed by atoms with Crippen LogP contribution >= 0.6 is 0 Å². The van der Waals surface area contributed by atoms with E-state index in [0.29, 0.717) is 6.42 Å². The molecule has 5 heteroatoms. The molecule has 0 aromatic heterocycles. The summed E-state index contributed by atoms with van der Waals surface area (Å²) in [5.74, 6) is -0.242. The van der Waals surface area contributed by atoms with E-state index in [2.05, 4.69) is 0 Å². The number of unbranched alkanes of at least 4 members (excludes halogenated alkanes) is 1. The first kappa shape index (κ1) is 13.5. The van der Waals surface area contributed by atoms with Crippen LogP contribution in [0.1, 0.15) is 47.0 Å². The Balaban J connectivity index is 2.29. The van der Waals surface area contributed by atoms with Gasteiger partial charge in [-0.2, -0.15) is 0 Å². The molecule has 1 amide bonds. The summed E-state index contributed by atoms with van der Waals surface area (Å²) in [6, 6.07) is 0. The van der Waals surface area contributed by atoms with Gasteiger partial charge in [0, 0.05) is 6.42 Å². The first-order chi connectivity index (χ1) is 7.24. The van der Waals surface area contributed by atoms with Crippen molar-refractivity contribution in [1.82, 2.24) is 0 Å². The summed E-state index contributed by atoms with van der Waals surface area (Å²) in [4.78, 5) is 10.6. The molecule has 1 saturated heterocycles. The van der Waals surface area contributed by atoms with Gasteiger partial charge in [-0.3, -0.25) is 4.79 Å². The molecule has 0 radical (unpaired) electrons. The van der Waals surface area contributed by atoms with E-state index in [4.69, 9.17) is 15.0 Å². The molecule has 1 rings (SSSR count). The van der Waals surface area contributed by atoms with Crippen molar-refractivity contribution in [3.8, 4) is 0 Å². The standard InChI is InChI=1S/C11H22BNO3/c1-10(2)11(3,4)16-12(15-10)8-6-5-7-9(13)14/h5-8H2,1-4H3,(H2,13,14). The number of rotatable bonds is 5. The Bertz CT molecular complexity index is 250. The molecule has 16 heavy (non-hydrogen) atoms. The van der Waals surface area contributed by atoms with Gasteiger partial charge in [0.05, 0.1) is 11.2 Å². The Morgan fingerprint density at radius 3 is 2.06 bits per heavy atom. The number of primary amides is 1. The van der Waals surface area contributed by atoms with Crippen molar-refractivity contribution in [1.29, 1.82) is 0 Å². The predicted octanol–water partition coefficient (Wildman–Crippen LogP) is 1.73. The van der Waals surface area contributed by atoms with Gasteiger partial charge in [-0.1, -0.05) is 6.42 Å². The van der Waals surface area contributed by atoms with Crippen LogP contribution in [0, 0.1) is 0 Å². The average Bonchev–Trinajstić information content (AvgIpc) is 2.29. The molecule has 1 aliphatic heterocycles. The van der Waals surface area contributed by atoms with Gasteiger partial charge in [0.15, 0.2) is 0 Å². The fourth-order valence-corrected chi connectivity index (χ4v) is 1.69. The fraction of sp³-hybridized carbons (Fsp3) is 0.909. The van der Waals surface area contributed by atoms with Crippen molar-refractivity contribution in [3.05, 3.63) is 0 Å². The van der Waals surface area contributed by atoms with Crippen molar-refractivity contribution in [2.45, 2.75) is 64.5 Å². The Labute approximate surface area is 98.0 Å². The van der Waals surface area contributed by atoms with Gasteiger partial charge in [0.1, 0.15) is 0 Å². The Hall–Kier alpha value is -0.545. The van der Waals surface area contributed by atoms with Gasteiger partial charge >= 0.3 is 7.12 Å². The van der Waals surface area contributed by atoms with Crippen LogP contribution in [0.25, 0.3) is 0 Å². The highest BCUT2D eigenvalue weighted by molar-refractivity contribution is 6.45. The lowest BCUT2D eigenvalue weighted by Gasteiger charge is -2.32. The molecule has 0 saturated carbocycles. The molecular formula is C11H22BNO3. The van der Waals surface area contributed by atoms with Crippen LogP contribution in [0.3, 0.4) is 0 Å². The summed E-state index contributed by atoms with van der Waals surface area (Å²) in [5.41, 5.74) is 4.55. The minimum absolute atomic E-state index is 0.155. The van der Waals surface area contributed by atoms with E-state index in [1.54, 1.807) is 0 Å². The van der Waals surface area contributed by atoms with Gasteiger partial charge < -0.3 is 15.0 Å². The second kappa shape index (κ2) is 4.76. The third kappa shape index (κ3) is 3.22. The number of carbonyl (C=O) groups excluding carboxylic acids is 1. The van der Waals surface area contributed by atoms with Crippen molar-refractivity contribution in [3.63, 3.8) is 0 Å². The fourth-order valence-electron chi connectivity index (χ4n) is 1.69. The number of carbonyl (C=O) groups is 1. The van der Waals surface area contributed by atoms with E-state index in [1.165, 1.54) is 0 Å². The van der Waals surface area contributed by atoms with Crippen LogP contribution in [0.15, 0.2) is 0 Å². The molecule has 0 bridgehead atoms. The lowest BCUT2D eigenvalue weighted by atomic mass is 9.82. The monoisotopic (exact) mass is 227 g/mol. The second-order valence-electron chi connectivity index (χ2n) is 5.40. The van der Waals surface area contributed by atoms with Crippen LogP contribution < -0.4 is 5.73 Å². The summed E-state index contributed by atoms with van der Waals surface area (Å²) >= 11 is 0. The minimum atomic E-state index is -0.263. The third-order valence-corrected chi connectivity index (χ3v) is 3.42. The van der Waals surface area contributed by atoms with Crippen LogP contribution in [0.5, 0.6) is 0 Å². The summed E-state index contributed by atoms with van der Waals surface area (Å²) in [5, 5.41) is 0. The Kier molecular flexibility index (Phi) is 4.02. The first-order valence-corrected chi connectivity index (χ1v) is 5.88. The summed E-state index contributed by atoms with van der Waals surface area (Å²) in [6.45, 7) is 8.15. The zero-order valence-electron chi connectivity index (χ0n) is 10.7. The molecule has 1 aliphatic rings. The van der Waals surface area contributed by atoms with Gasteiger partial charge in [0.25, 0.3) is 0 Å². The number of hydrogen-bond donors (Lipinski definition) is 1. The summed E-state index contributed by atoms with van der Waals surface area (Å²) < 4.78 is 11.7. The lowest BCUT2D eigenvalue weighted by Crippen LogP contribution is -2.41. The number of nitrogens with two attached hydrogens (primary N) is 1. The minimum Gasteiger partial charge on any atom is -0.403 e. The maximum absolute atomic E-state index is 10.6. The molecule has 2 N–H and O–H groups in total. The lowest BCUT2D eigenvalue weighted by molar-refractivity contribution is -0.118. The molecule has 0 aliphatic carbocycles. The molecule has 0 aromatic rings. The van der Waals surface area contributed by atoms with Gasteiger partial charge in [0.2, 0.25) is 5.91 Å². The quantitative estimate of drug-likeness (QED) is 0.574. The van der Waals surface area contributed by atoms with E-state index in [-0.39, 0.29) is 24.2 Å². The highest BCUT2D eigenvalue weighted by Gasteiger charge is 2.50. The van der Waals surface area contributed by atoms with Crippen molar-refractivity contribution < 1.29 is 14.1 Å². The first-order valence-electron chi connectivity index (χ1n) is 5.88. The Morgan fingerprint density at radius 1 is 1.12 bits per heavy atom. The van der Waals surface area contributed by atoms with E-state index < -0.39 is 0 Å².